The highest BCUT2D eigenvalue weighted by Gasteiger charge is 2.00. The standard InChI is InChI=1S/C11H12N2/c1-8-4-3-5-10-9(8)6-7-13-11(10)12-2/h3-7H,1-2H3,(H,12,13). The van der Waals surface area contributed by atoms with Gasteiger partial charge in [0.2, 0.25) is 0 Å². The first kappa shape index (κ1) is 8.05. The Morgan fingerprint density at radius 3 is 2.77 bits per heavy atom. The predicted octanol–water partition coefficient (Wildman–Crippen LogP) is 2.58. The van der Waals surface area contributed by atoms with Crippen LogP contribution in [0.3, 0.4) is 0 Å². The molecular weight excluding hydrogens is 160 g/mol. The summed E-state index contributed by atoms with van der Waals surface area (Å²) in [4.78, 5) is 4.26. The number of aromatic nitrogens is 1. The molecule has 0 fully saturated rings. The molecule has 0 spiro atoms. The van der Waals surface area contributed by atoms with Crippen molar-refractivity contribution in [2.24, 2.45) is 0 Å². The van der Waals surface area contributed by atoms with Gasteiger partial charge >= 0.3 is 0 Å². The quantitative estimate of drug-likeness (QED) is 0.715. The minimum Gasteiger partial charge on any atom is -0.373 e. The van der Waals surface area contributed by atoms with Crippen LogP contribution >= 0.6 is 0 Å². The lowest BCUT2D eigenvalue weighted by Crippen LogP contribution is -1.93. The summed E-state index contributed by atoms with van der Waals surface area (Å²) in [5.74, 6) is 0.946. The van der Waals surface area contributed by atoms with Crippen LogP contribution in [0.1, 0.15) is 5.56 Å². The molecule has 0 amide bonds. The van der Waals surface area contributed by atoms with E-state index in [0.29, 0.717) is 0 Å². The molecule has 0 aliphatic heterocycles. The fourth-order valence-electron chi connectivity index (χ4n) is 1.56. The number of rotatable bonds is 1. The Labute approximate surface area is 77.6 Å². The van der Waals surface area contributed by atoms with E-state index in [0.717, 1.165) is 5.82 Å². The van der Waals surface area contributed by atoms with Gasteiger partial charge in [-0.2, -0.15) is 0 Å². The third kappa shape index (κ3) is 1.24. The van der Waals surface area contributed by atoms with Gasteiger partial charge in [0.25, 0.3) is 0 Å². The smallest absolute Gasteiger partial charge is 0.133 e. The van der Waals surface area contributed by atoms with Crippen LogP contribution in [-0.4, -0.2) is 12.0 Å². The molecule has 2 rings (SSSR count). The summed E-state index contributed by atoms with van der Waals surface area (Å²) >= 11 is 0. The van der Waals surface area contributed by atoms with E-state index in [1.807, 2.05) is 19.3 Å². The summed E-state index contributed by atoms with van der Waals surface area (Å²) in [6.07, 6.45) is 1.83. The Morgan fingerprint density at radius 1 is 1.15 bits per heavy atom. The maximum atomic E-state index is 4.26. The van der Waals surface area contributed by atoms with Crippen LogP contribution in [0.4, 0.5) is 5.82 Å². The van der Waals surface area contributed by atoms with Gasteiger partial charge in [0.05, 0.1) is 0 Å². The summed E-state index contributed by atoms with van der Waals surface area (Å²) in [5.41, 5.74) is 1.29. The summed E-state index contributed by atoms with van der Waals surface area (Å²) in [5, 5.41) is 5.54. The molecule has 2 aromatic rings. The molecule has 2 nitrogen and oxygen atoms in total. The minimum atomic E-state index is 0.946. The number of benzene rings is 1. The molecular formula is C11H12N2. The fraction of sp³-hybridized carbons (Fsp3) is 0.182. The summed E-state index contributed by atoms with van der Waals surface area (Å²) in [7, 11) is 1.89. The van der Waals surface area contributed by atoms with Crippen LogP contribution in [-0.2, 0) is 0 Å². The zero-order valence-corrected chi connectivity index (χ0v) is 7.83. The van der Waals surface area contributed by atoms with Crippen molar-refractivity contribution in [3.63, 3.8) is 0 Å². The van der Waals surface area contributed by atoms with Crippen LogP contribution in [0.5, 0.6) is 0 Å². The highest BCUT2D eigenvalue weighted by molar-refractivity contribution is 5.93. The molecule has 2 heteroatoms. The number of hydrogen-bond acceptors (Lipinski definition) is 2. The molecule has 13 heavy (non-hydrogen) atoms. The first-order chi connectivity index (χ1) is 6.33. The van der Waals surface area contributed by atoms with E-state index in [1.54, 1.807) is 0 Å². The van der Waals surface area contributed by atoms with Crippen molar-refractivity contribution in [2.75, 3.05) is 12.4 Å². The second kappa shape index (κ2) is 3.05. The normalized spacial score (nSPS) is 10.3. The molecule has 0 saturated carbocycles. The number of aryl methyl sites for hydroxylation is 1. The van der Waals surface area contributed by atoms with Gasteiger partial charge < -0.3 is 5.32 Å². The molecule has 0 unspecified atom stereocenters. The van der Waals surface area contributed by atoms with Crippen LogP contribution in [0.15, 0.2) is 30.5 Å². The average molecular weight is 172 g/mol. The Morgan fingerprint density at radius 2 is 2.00 bits per heavy atom. The van der Waals surface area contributed by atoms with Gasteiger partial charge in [0.15, 0.2) is 0 Å². The van der Waals surface area contributed by atoms with Crippen molar-refractivity contribution in [3.8, 4) is 0 Å². The third-order valence-electron chi connectivity index (χ3n) is 2.26. The van der Waals surface area contributed by atoms with Gasteiger partial charge in [-0.1, -0.05) is 18.2 Å². The number of nitrogens with zero attached hydrogens (tertiary/aromatic N) is 1. The van der Waals surface area contributed by atoms with E-state index in [1.165, 1.54) is 16.3 Å². The van der Waals surface area contributed by atoms with E-state index in [4.69, 9.17) is 0 Å². The molecule has 1 N–H and O–H groups in total. The predicted molar refractivity (Wildman–Crippen MR) is 56.0 cm³/mol. The van der Waals surface area contributed by atoms with Crippen LogP contribution in [0, 0.1) is 6.92 Å². The lowest BCUT2D eigenvalue weighted by atomic mass is 10.1. The zero-order chi connectivity index (χ0) is 9.26. The third-order valence-corrected chi connectivity index (χ3v) is 2.26. The van der Waals surface area contributed by atoms with Gasteiger partial charge in [-0.05, 0) is 23.9 Å². The first-order valence-electron chi connectivity index (χ1n) is 4.35. The second-order valence-corrected chi connectivity index (χ2v) is 3.08. The lowest BCUT2D eigenvalue weighted by Gasteiger charge is -2.05. The van der Waals surface area contributed by atoms with Crippen molar-refractivity contribution >= 4 is 16.6 Å². The van der Waals surface area contributed by atoms with Gasteiger partial charge in [-0.15, -0.1) is 0 Å². The van der Waals surface area contributed by atoms with Crippen LogP contribution in [0.2, 0.25) is 0 Å². The topological polar surface area (TPSA) is 24.9 Å². The Balaban J connectivity index is 2.84. The summed E-state index contributed by atoms with van der Waals surface area (Å²) < 4.78 is 0. The van der Waals surface area contributed by atoms with Crippen molar-refractivity contribution in [2.45, 2.75) is 6.92 Å². The monoisotopic (exact) mass is 172 g/mol. The van der Waals surface area contributed by atoms with E-state index >= 15 is 0 Å². The van der Waals surface area contributed by atoms with Crippen molar-refractivity contribution in [3.05, 3.63) is 36.0 Å². The molecule has 0 aliphatic carbocycles. The summed E-state index contributed by atoms with van der Waals surface area (Å²) in [6.45, 7) is 2.11. The molecule has 0 radical (unpaired) electrons. The molecule has 0 bridgehead atoms. The first-order valence-corrected chi connectivity index (χ1v) is 4.35. The molecule has 0 saturated heterocycles. The van der Waals surface area contributed by atoms with Gasteiger partial charge in [0, 0.05) is 18.6 Å². The maximum absolute atomic E-state index is 4.26. The number of pyridine rings is 1. The van der Waals surface area contributed by atoms with Gasteiger partial charge in [-0.25, -0.2) is 4.98 Å². The number of nitrogens with one attached hydrogen (secondary N) is 1. The average Bonchev–Trinajstić information content (AvgIpc) is 2.18. The highest BCUT2D eigenvalue weighted by atomic mass is 14.9. The van der Waals surface area contributed by atoms with Crippen molar-refractivity contribution in [1.82, 2.24) is 4.98 Å². The number of anilines is 1. The maximum Gasteiger partial charge on any atom is 0.133 e. The largest absolute Gasteiger partial charge is 0.373 e. The molecule has 66 valence electrons. The fourth-order valence-corrected chi connectivity index (χ4v) is 1.56. The van der Waals surface area contributed by atoms with Crippen LogP contribution in [0.25, 0.3) is 10.8 Å². The van der Waals surface area contributed by atoms with E-state index in [9.17, 15) is 0 Å². The SMILES string of the molecule is CNc1nccc2c(C)cccc12. The van der Waals surface area contributed by atoms with E-state index < -0.39 is 0 Å². The Hall–Kier alpha value is -1.57. The Kier molecular flexibility index (Phi) is 1.89. The van der Waals surface area contributed by atoms with Crippen LogP contribution < -0.4 is 5.32 Å². The molecule has 1 aromatic carbocycles. The lowest BCUT2D eigenvalue weighted by molar-refractivity contribution is 1.31. The molecule has 0 atom stereocenters. The highest BCUT2D eigenvalue weighted by Crippen LogP contribution is 2.22. The Bertz CT molecular complexity index is 435. The van der Waals surface area contributed by atoms with Gasteiger partial charge in [0.1, 0.15) is 5.82 Å². The molecule has 0 aliphatic rings. The molecule has 1 aromatic heterocycles. The van der Waals surface area contributed by atoms with Gasteiger partial charge in [-0.3, -0.25) is 0 Å². The number of fused-ring (bicyclic) bond motifs is 1. The van der Waals surface area contributed by atoms with Crippen molar-refractivity contribution < 1.29 is 0 Å². The van der Waals surface area contributed by atoms with E-state index in [-0.39, 0.29) is 0 Å². The molecule has 1 heterocycles. The summed E-state index contributed by atoms with van der Waals surface area (Å²) in [6, 6.07) is 8.30. The zero-order valence-electron chi connectivity index (χ0n) is 7.83. The number of hydrogen-bond donors (Lipinski definition) is 1. The van der Waals surface area contributed by atoms with Crippen molar-refractivity contribution in [1.29, 1.82) is 0 Å². The minimum absolute atomic E-state index is 0.946. The second-order valence-electron chi connectivity index (χ2n) is 3.08. The van der Waals surface area contributed by atoms with E-state index in [2.05, 4.69) is 35.4 Å².